The molecule has 0 saturated heterocycles. The number of rotatable bonds is 5. The maximum atomic E-state index is 11.3. The highest BCUT2D eigenvalue weighted by Crippen LogP contribution is 2.22. The van der Waals surface area contributed by atoms with Crippen LogP contribution in [-0.4, -0.2) is 20.9 Å². The van der Waals surface area contributed by atoms with E-state index < -0.39 is 8.32 Å². The fraction of sp³-hybridized carbons (Fsp3) is 0.357. The highest BCUT2D eigenvalue weighted by atomic mass is 28.4. The molecule has 0 atom stereocenters. The molecule has 3 nitrogen and oxygen atoms in total. The van der Waals surface area contributed by atoms with E-state index in [0.29, 0.717) is 6.61 Å². The summed E-state index contributed by atoms with van der Waals surface area (Å²) in [7, 11) is -1.65. The van der Waals surface area contributed by atoms with E-state index in [1.807, 2.05) is 24.3 Å². The summed E-state index contributed by atoms with van der Waals surface area (Å²) in [5.74, 6) is 0.484. The number of ether oxygens (including phenoxy) is 1. The van der Waals surface area contributed by atoms with Crippen molar-refractivity contribution in [3.05, 3.63) is 35.9 Å². The normalized spacial score (nSPS) is 11.6. The van der Waals surface area contributed by atoms with Gasteiger partial charge < -0.3 is 9.16 Å². The van der Waals surface area contributed by atoms with Crippen LogP contribution in [-0.2, 0) is 9.53 Å². The minimum Gasteiger partial charge on any atom is -0.544 e. The summed E-state index contributed by atoms with van der Waals surface area (Å²) in [5, 5.41) is 0. The molecule has 0 heterocycles. The van der Waals surface area contributed by atoms with Gasteiger partial charge in [-0.1, -0.05) is 18.2 Å². The van der Waals surface area contributed by atoms with Crippen molar-refractivity contribution in [2.75, 3.05) is 6.61 Å². The summed E-state index contributed by atoms with van der Waals surface area (Å²) in [4.78, 5) is 11.3. The Balaban J connectivity index is 2.86. The largest absolute Gasteiger partial charge is 0.544 e. The van der Waals surface area contributed by atoms with Gasteiger partial charge in [0.15, 0.2) is 0 Å². The van der Waals surface area contributed by atoms with Gasteiger partial charge in [0.2, 0.25) is 8.32 Å². The Morgan fingerprint density at radius 2 is 1.94 bits per heavy atom. The minimum absolute atomic E-state index is 0.333. The van der Waals surface area contributed by atoms with Crippen molar-refractivity contribution in [3.8, 4) is 5.75 Å². The van der Waals surface area contributed by atoms with Crippen molar-refractivity contribution >= 4 is 20.4 Å². The fourth-order valence-electron chi connectivity index (χ4n) is 1.39. The number of para-hydroxylation sites is 1. The van der Waals surface area contributed by atoms with Gasteiger partial charge in [-0.15, -0.1) is 0 Å². The predicted octanol–water partition coefficient (Wildman–Crippen LogP) is 3.48. The number of carbonyl (C=O) groups excluding carboxylic acids is 1. The molecule has 0 aliphatic carbocycles. The number of benzene rings is 1. The van der Waals surface area contributed by atoms with Crippen molar-refractivity contribution in [1.82, 2.24) is 0 Å². The van der Waals surface area contributed by atoms with Gasteiger partial charge in [0.25, 0.3) is 0 Å². The Labute approximate surface area is 110 Å². The minimum atomic E-state index is -1.65. The molecular weight excluding hydrogens is 244 g/mol. The second kappa shape index (κ2) is 6.40. The maximum absolute atomic E-state index is 11.3. The molecule has 0 bridgehead atoms. The van der Waals surface area contributed by atoms with Gasteiger partial charge in [-0.05, 0) is 38.7 Å². The summed E-state index contributed by atoms with van der Waals surface area (Å²) < 4.78 is 10.8. The summed E-state index contributed by atoms with van der Waals surface area (Å²) in [6.45, 7) is 8.54. The Hall–Kier alpha value is -1.55. The van der Waals surface area contributed by atoms with Crippen molar-refractivity contribution in [2.45, 2.75) is 26.6 Å². The molecule has 0 saturated carbocycles. The second-order valence-electron chi connectivity index (χ2n) is 4.84. The van der Waals surface area contributed by atoms with Crippen LogP contribution in [0.5, 0.6) is 5.75 Å². The number of hydrogen-bond acceptors (Lipinski definition) is 3. The molecule has 0 unspecified atom stereocenters. The van der Waals surface area contributed by atoms with Crippen LogP contribution in [0.25, 0.3) is 6.08 Å². The van der Waals surface area contributed by atoms with Gasteiger partial charge in [-0.2, -0.15) is 0 Å². The van der Waals surface area contributed by atoms with Crippen LogP contribution in [0, 0.1) is 0 Å². The molecule has 18 heavy (non-hydrogen) atoms. The van der Waals surface area contributed by atoms with Crippen molar-refractivity contribution in [3.63, 3.8) is 0 Å². The predicted molar refractivity (Wildman–Crippen MR) is 76.1 cm³/mol. The molecule has 0 fully saturated rings. The molecule has 0 amide bonds. The second-order valence-corrected chi connectivity index (χ2v) is 9.27. The van der Waals surface area contributed by atoms with Crippen molar-refractivity contribution in [2.24, 2.45) is 0 Å². The quantitative estimate of drug-likeness (QED) is 0.464. The standard InChI is InChI=1S/C14H20O3Si/c1-5-16-14(15)11-10-12-8-6-7-9-13(12)17-18(2,3)4/h6-11H,5H2,1-4H3/b11-10+. The lowest BCUT2D eigenvalue weighted by molar-refractivity contribution is -0.137. The van der Waals surface area contributed by atoms with E-state index in [0.717, 1.165) is 11.3 Å². The third-order valence-electron chi connectivity index (χ3n) is 2.02. The molecular formula is C14H20O3Si. The van der Waals surface area contributed by atoms with Crippen molar-refractivity contribution < 1.29 is 14.0 Å². The van der Waals surface area contributed by atoms with E-state index in [1.54, 1.807) is 13.0 Å². The average Bonchev–Trinajstić information content (AvgIpc) is 2.26. The smallest absolute Gasteiger partial charge is 0.330 e. The molecule has 1 rings (SSSR count). The molecule has 4 heteroatoms. The van der Waals surface area contributed by atoms with Crippen LogP contribution < -0.4 is 4.43 Å². The Kier molecular flexibility index (Phi) is 5.16. The first-order valence-corrected chi connectivity index (χ1v) is 9.46. The lowest BCUT2D eigenvalue weighted by atomic mass is 10.2. The summed E-state index contributed by atoms with van der Waals surface area (Å²) in [6, 6.07) is 7.69. The van der Waals surface area contributed by atoms with Crippen molar-refractivity contribution in [1.29, 1.82) is 0 Å². The zero-order valence-electron chi connectivity index (χ0n) is 11.4. The van der Waals surface area contributed by atoms with E-state index in [4.69, 9.17) is 9.16 Å². The van der Waals surface area contributed by atoms with E-state index >= 15 is 0 Å². The number of esters is 1. The highest BCUT2D eigenvalue weighted by molar-refractivity contribution is 6.70. The Morgan fingerprint density at radius 1 is 1.28 bits per heavy atom. The van der Waals surface area contributed by atoms with Crippen LogP contribution in [0.2, 0.25) is 19.6 Å². The molecule has 98 valence electrons. The van der Waals surface area contributed by atoms with Crippen LogP contribution >= 0.6 is 0 Å². The first kappa shape index (κ1) is 14.5. The van der Waals surface area contributed by atoms with Crippen LogP contribution in [0.1, 0.15) is 12.5 Å². The van der Waals surface area contributed by atoms with Gasteiger partial charge in [0, 0.05) is 11.6 Å². The lowest BCUT2D eigenvalue weighted by Crippen LogP contribution is -2.29. The van der Waals surface area contributed by atoms with Crippen LogP contribution in [0.15, 0.2) is 30.3 Å². The molecule has 0 aliphatic heterocycles. The topological polar surface area (TPSA) is 35.5 Å². The molecule has 1 aromatic carbocycles. The van der Waals surface area contributed by atoms with Gasteiger partial charge in [-0.25, -0.2) is 4.79 Å². The average molecular weight is 264 g/mol. The molecule has 1 aromatic rings. The number of carbonyl (C=O) groups is 1. The van der Waals surface area contributed by atoms with E-state index in [9.17, 15) is 4.79 Å². The maximum Gasteiger partial charge on any atom is 0.330 e. The Bertz CT molecular complexity index is 433. The third-order valence-corrected chi connectivity index (χ3v) is 2.85. The van der Waals surface area contributed by atoms with E-state index in [1.165, 1.54) is 6.08 Å². The first-order chi connectivity index (χ1) is 8.42. The molecule has 0 aromatic heterocycles. The van der Waals surface area contributed by atoms with Crippen LogP contribution in [0.3, 0.4) is 0 Å². The zero-order valence-corrected chi connectivity index (χ0v) is 12.4. The van der Waals surface area contributed by atoms with E-state index in [-0.39, 0.29) is 5.97 Å². The lowest BCUT2D eigenvalue weighted by Gasteiger charge is -2.20. The molecule has 0 N–H and O–H groups in total. The summed E-state index contributed by atoms with van der Waals surface area (Å²) in [5.41, 5.74) is 0.896. The third kappa shape index (κ3) is 5.18. The zero-order chi connectivity index (χ0) is 13.6. The van der Waals surface area contributed by atoms with Gasteiger partial charge in [0.1, 0.15) is 5.75 Å². The number of hydrogen-bond donors (Lipinski definition) is 0. The van der Waals surface area contributed by atoms with E-state index in [2.05, 4.69) is 19.6 Å². The highest BCUT2D eigenvalue weighted by Gasteiger charge is 2.17. The summed E-state index contributed by atoms with van der Waals surface area (Å²) >= 11 is 0. The monoisotopic (exact) mass is 264 g/mol. The fourth-order valence-corrected chi connectivity index (χ4v) is 2.23. The Morgan fingerprint density at radius 3 is 2.56 bits per heavy atom. The SMILES string of the molecule is CCOC(=O)/C=C/c1ccccc1O[Si](C)(C)C. The van der Waals surface area contributed by atoms with Gasteiger partial charge in [0.05, 0.1) is 6.61 Å². The first-order valence-electron chi connectivity index (χ1n) is 6.05. The molecule has 0 aliphatic rings. The molecule has 0 spiro atoms. The summed E-state index contributed by atoms with van der Waals surface area (Å²) in [6.07, 6.45) is 3.16. The van der Waals surface area contributed by atoms with Crippen LogP contribution in [0.4, 0.5) is 0 Å². The molecule has 0 radical (unpaired) electrons. The van der Waals surface area contributed by atoms with Gasteiger partial charge >= 0.3 is 5.97 Å². The van der Waals surface area contributed by atoms with Gasteiger partial charge in [-0.3, -0.25) is 0 Å².